The van der Waals surface area contributed by atoms with E-state index in [1.165, 1.54) is 16.3 Å². The molecule has 0 saturated heterocycles. The molecule has 108 valence electrons. The van der Waals surface area contributed by atoms with Crippen LogP contribution in [0.3, 0.4) is 0 Å². The van der Waals surface area contributed by atoms with Crippen LogP contribution in [0.5, 0.6) is 5.75 Å². The summed E-state index contributed by atoms with van der Waals surface area (Å²) in [5.74, 6) is 0.908. The highest BCUT2D eigenvalue weighted by atomic mass is 16.5. The van der Waals surface area contributed by atoms with Crippen LogP contribution in [0.1, 0.15) is 12.5 Å². The molecule has 2 aromatic carbocycles. The Kier molecular flexibility index (Phi) is 5.39. The van der Waals surface area contributed by atoms with Gasteiger partial charge in [-0.1, -0.05) is 25.1 Å². The van der Waals surface area contributed by atoms with Crippen LogP contribution in [0, 0.1) is 0 Å². The standard InChI is InChI=1S/C17H24N2O/c1-4-19(2)10-9-18-13-14-5-6-16-12-17(20-3)8-7-15(16)11-14/h5-8,11-12,18H,4,9-10,13H2,1-3H3. The summed E-state index contributed by atoms with van der Waals surface area (Å²) < 4.78 is 5.25. The Balaban J connectivity index is 1.94. The zero-order valence-corrected chi connectivity index (χ0v) is 12.6. The van der Waals surface area contributed by atoms with Crippen molar-refractivity contribution in [3.05, 3.63) is 42.0 Å². The van der Waals surface area contributed by atoms with E-state index >= 15 is 0 Å². The van der Waals surface area contributed by atoms with E-state index in [1.54, 1.807) is 7.11 Å². The predicted molar refractivity (Wildman–Crippen MR) is 85.4 cm³/mol. The molecular formula is C17H24N2O. The van der Waals surface area contributed by atoms with Crippen molar-refractivity contribution in [2.45, 2.75) is 13.5 Å². The van der Waals surface area contributed by atoms with E-state index in [0.717, 1.165) is 31.9 Å². The van der Waals surface area contributed by atoms with Gasteiger partial charge in [0, 0.05) is 19.6 Å². The maximum absolute atomic E-state index is 5.25. The highest BCUT2D eigenvalue weighted by Crippen LogP contribution is 2.21. The minimum Gasteiger partial charge on any atom is -0.497 e. The highest BCUT2D eigenvalue weighted by molar-refractivity contribution is 5.84. The Morgan fingerprint density at radius 1 is 1.10 bits per heavy atom. The molecule has 0 amide bonds. The maximum atomic E-state index is 5.25. The first kappa shape index (κ1) is 14.8. The zero-order chi connectivity index (χ0) is 14.4. The molecule has 0 bridgehead atoms. The van der Waals surface area contributed by atoms with Crippen LogP contribution in [-0.2, 0) is 6.54 Å². The molecule has 0 fully saturated rings. The average Bonchev–Trinajstić information content (AvgIpc) is 2.50. The van der Waals surface area contributed by atoms with E-state index in [-0.39, 0.29) is 0 Å². The monoisotopic (exact) mass is 272 g/mol. The lowest BCUT2D eigenvalue weighted by atomic mass is 10.1. The largest absolute Gasteiger partial charge is 0.497 e. The van der Waals surface area contributed by atoms with Crippen LogP contribution in [0.15, 0.2) is 36.4 Å². The average molecular weight is 272 g/mol. The van der Waals surface area contributed by atoms with Gasteiger partial charge in [-0.05, 0) is 48.1 Å². The van der Waals surface area contributed by atoms with Crippen LogP contribution >= 0.6 is 0 Å². The fourth-order valence-electron chi connectivity index (χ4n) is 2.17. The van der Waals surface area contributed by atoms with E-state index in [2.05, 4.69) is 54.5 Å². The summed E-state index contributed by atoms with van der Waals surface area (Å²) in [4.78, 5) is 2.31. The number of hydrogen-bond acceptors (Lipinski definition) is 3. The lowest BCUT2D eigenvalue weighted by Crippen LogP contribution is -2.28. The lowest BCUT2D eigenvalue weighted by Gasteiger charge is -2.14. The molecule has 0 aliphatic carbocycles. The molecule has 3 nitrogen and oxygen atoms in total. The highest BCUT2D eigenvalue weighted by Gasteiger charge is 1.99. The van der Waals surface area contributed by atoms with Gasteiger partial charge in [-0.25, -0.2) is 0 Å². The molecule has 20 heavy (non-hydrogen) atoms. The van der Waals surface area contributed by atoms with Gasteiger partial charge >= 0.3 is 0 Å². The van der Waals surface area contributed by atoms with Gasteiger partial charge < -0.3 is 15.0 Å². The van der Waals surface area contributed by atoms with Crippen molar-refractivity contribution in [2.24, 2.45) is 0 Å². The molecule has 0 aromatic heterocycles. The summed E-state index contributed by atoms with van der Waals surface area (Å²) in [6, 6.07) is 12.8. The van der Waals surface area contributed by atoms with Crippen molar-refractivity contribution in [2.75, 3.05) is 33.8 Å². The Bertz CT molecular complexity index is 554. The quantitative estimate of drug-likeness (QED) is 0.784. The third-order valence-corrected chi connectivity index (χ3v) is 3.65. The first-order chi connectivity index (χ1) is 9.72. The lowest BCUT2D eigenvalue weighted by molar-refractivity contribution is 0.349. The van der Waals surface area contributed by atoms with Crippen LogP contribution < -0.4 is 10.1 Å². The summed E-state index contributed by atoms with van der Waals surface area (Å²) in [6.07, 6.45) is 0. The summed E-state index contributed by atoms with van der Waals surface area (Å²) in [5.41, 5.74) is 1.32. The number of hydrogen-bond donors (Lipinski definition) is 1. The van der Waals surface area contributed by atoms with Crippen molar-refractivity contribution in [1.29, 1.82) is 0 Å². The van der Waals surface area contributed by atoms with E-state index in [9.17, 15) is 0 Å². The number of fused-ring (bicyclic) bond motifs is 1. The fourth-order valence-corrected chi connectivity index (χ4v) is 2.17. The van der Waals surface area contributed by atoms with Crippen molar-refractivity contribution in [3.63, 3.8) is 0 Å². The summed E-state index contributed by atoms with van der Waals surface area (Å²) in [7, 11) is 3.85. The predicted octanol–water partition coefficient (Wildman–Crippen LogP) is 2.89. The third kappa shape index (κ3) is 3.95. The van der Waals surface area contributed by atoms with Crippen molar-refractivity contribution in [3.8, 4) is 5.75 Å². The minimum atomic E-state index is 0.908. The molecule has 2 rings (SSSR count). The van der Waals surface area contributed by atoms with Crippen molar-refractivity contribution in [1.82, 2.24) is 10.2 Å². The molecule has 1 N–H and O–H groups in total. The van der Waals surface area contributed by atoms with Crippen LogP contribution in [0.25, 0.3) is 10.8 Å². The SMILES string of the molecule is CCN(C)CCNCc1ccc2cc(OC)ccc2c1. The van der Waals surface area contributed by atoms with Gasteiger partial charge in [0.25, 0.3) is 0 Å². The van der Waals surface area contributed by atoms with Gasteiger partial charge in [-0.2, -0.15) is 0 Å². The second-order valence-corrected chi connectivity index (χ2v) is 5.12. The Morgan fingerprint density at radius 2 is 1.85 bits per heavy atom. The van der Waals surface area contributed by atoms with Crippen molar-refractivity contribution >= 4 is 10.8 Å². The third-order valence-electron chi connectivity index (χ3n) is 3.65. The van der Waals surface area contributed by atoms with Gasteiger partial charge in [0.1, 0.15) is 5.75 Å². The van der Waals surface area contributed by atoms with Crippen LogP contribution in [0.4, 0.5) is 0 Å². The number of methoxy groups -OCH3 is 1. The zero-order valence-electron chi connectivity index (χ0n) is 12.6. The molecule has 0 aliphatic heterocycles. The molecule has 3 heteroatoms. The number of ether oxygens (including phenoxy) is 1. The van der Waals surface area contributed by atoms with Gasteiger partial charge in [-0.3, -0.25) is 0 Å². The molecule has 0 heterocycles. The number of benzene rings is 2. The van der Waals surface area contributed by atoms with Gasteiger partial charge in [0.15, 0.2) is 0 Å². The number of rotatable bonds is 7. The van der Waals surface area contributed by atoms with Crippen LogP contribution in [-0.4, -0.2) is 38.7 Å². The summed E-state index contributed by atoms with van der Waals surface area (Å²) in [5, 5.41) is 5.97. The molecule has 0 aliphatic rings. The molecule has 0 saturated carbocycles. The van der Waals surface area contributed by atoms with E-state index in [4.69, 9.17) is 4.74 Å². The molecule has 0 atom stereocenters. The van der Waals surface area contributed by atoms with Crippen LogP contribution in [0.2, 0.25) is 0 Å². The van der Waals surface area contributed by atoms with E-state index < -0.39 is 0 Å². The molecule has 0 radical (unpaired) electrons. The molecule has 2 aromatic rings. The second kappa shape index (κ2) is 7.27. The fraction of sp³-hybridized carbons (Fsp3) is 0.412. The Morgan fingerprint density at radius 3 is 2.60 bits per heavy atom. The van der Waals surface area contributed by atoms with Gasteiger partial charge in [0.05, 0.1) is 7.11 Å². The molecule has 0 spiro atoms. The number of nitrogens with zero attached hydrogens (tertiary/aromatic N) is 1. The molecule has 0 unspecified atom stereocenters. The summed E-state index contributed by atoms with van der Waals surface area (Å²) in [6.45, 7) is 6.29. The normalized spacial score (nSPS) is 11.2. The summed E-state index contributed by atoms with van der Waals surface area (Å²) >= 11 is 0. The first-order valence-electron chi connectivity index (χ1n) is 7.19. The van der Waals surface area contributed by atoms with Crippen molar-refractivity contribution < 1.29 is 4.74 Å². The van der Waals surface area contributed by atoms with Gasteiger partial charge in [0.2, 0.25) is 0 Å². The smallest absolute Gasteiger partial charge is 0.119 e. The van der Waals surface area contributed by atoms with E-state index in [1.807, 2.05) is 6.07 Å². The topological polar surface area (TPSA) is 24.5 Å². The van der Waals surface area contributed by atoms with Gasteiger partial charge in [-0.15, -0.1) is 0 Å². The molecular weight excluding hydrogens is 248 g/mol. The minimum absolute atomic E-state index is 0.908. The maximum Gasteiger partial charge on any atom is 0.119 e. The Hall–Kier alpha value is -1.58. The van der Waals surface area contributed by atoms with E-state index in [0.29, 0.717) is 0 Å². The second-order valence-electron chi connectivity index (χ2n) is 5.12. The Labute approximate surface area is 121 Å². The number of likely N-dealkylation sites (N-methyl/N-ethyl adjacent to an activating group) is 1. The number of nitrogens with one attached hydrogen (secondary N) is 1. The first-order valence-corrected chi connectivity index (χ1v) is 7.19.